The lowest BCUT2D eigenvalue weighted by atomic mass is 10.2. The summed E-state index contributed by atoms with van der Waals surface area (Å²) < 4.78 is 6.46. The fourth-order valence-electron chi connectivity index (χ4n) is 3.83. The molecule has 1 N–H and O–H groups in total. The number of fused-ring (bicyclic) bond motifs is 3. The summed E-state index contributed by atoms with van der Waals surface area (Å²) in [5.74, 6) is 0.609. The normalized spacial score (nSPS) is 12.0. The number of rotatable bonds is 6. The van der Waals surface area contributed by atoms with Crippen LogP contribution in [0.25, 0.3) is 23.0 Å². The molecular formula is C22H25N5O3. The Hall–Kier alpha value is -3.39. The third kappa shape index (κ3) is 3.09. The van der Waals surface area contributed by atoms with Gasteiger partial charge in [0, 0.05) is 38.1 Å². The van der Waals surface area contributed by atoms with Crippen molar-refractivity contribution < 1.29 is 5.11 Å². The molecule has 1 aromatic carbocycles. The van der Waals surface area contributed by atoms with E-state index in [1.807, 2.05) is 65.3 Å². The number of aliphatic hydroxyl groups excluding tert-OH is 1. The van der Waals surface area contributed by atoms with Crippen LogP contribution in [0.1, 0.15) is 23.4 Å². The van der Waals surface area contributed by atoms with Gasteiger partial charge in [0.25, 0.3) is 5.56 Å². The van der Waals surface area contributed by atoms with E-state index in [9.17, 15) is 14.7 Å². The predicted molar refractivity (Wildman–Crippen MR) is 117 cm³/mol. The van der Waals surface area contributed by atoms with E-state index in [0.29, 0.717) is 29.9 Å². The van der Waals surface area contributed by atoms with Gasteiger partial charge >= 0.3 is 5.69 Å². The largest absolute Gasteiger partial charge is 0.396 e. The number of aryl methyl sites for hydroxylation is 3. The summed E-state index contributed by atoms with van der Waals surface area (Å²) in [6.07, 6.45) is 4.29. The summed E-state index contributed by atoms with van der Waals surface area (Å²) in [6, 6.07) is 9.73. The lowest BCUT2D eigenvalue weighted by Gasteiger charge is -2.07. The Morgan fingerprint density at radius 2 is 1.80 bits per heavy atom. The highest BCUT2D eigenvalue weighted by Crippen LogP contribution is 2.20. The highest BCUT2D eigenvalue weighted by Gasteiger charge is 2.22. The van der Waals surface area contributed by atoms with Crippen LogP contribution in [-0.4, -0.2) is 34.8 Å². The molecule has 3 heterocycles. The molecule has 0 saturated heterocycles. The Morgan fingerprint density at radius 1 is 1.07 bits per heavy atom. The molecule has 0 aliphatic rings. The minimum Gasteiger partial charge on any atom is -0.396 e. The minimum absolute atomic E-state index is 0.0715. The maximum absolute atomic E-state index is 13.3. The van der Waals surface area contributed by atoms with Gasteiger partial charge in [-0.2, -0.15) is 4.98 Å². The van der Waals surface area contributed by atoms with E-state index in [-0.39, 0.29) is 18.7 Å². The fourth-order valence-corrected chi connectivity index (χ4v) is 3.83. The number of aromatic nitrogens is 5. The Morgan fingerprint density at radius 3 is 2.50 bits per heavy atom. The van der Waals surface area contributed by atoms with Gasteiger partial charge in [-0.25, -0.2) is 4.79 Å². The molecule has 0 spiro atoms. The van der Waals surface area contributed by atoms with Gasteiger partial charge in [-0.1, -0.05) is 42.5 Å². The van der Waals surface area contributed by atoms with E-state index in [0.717, 1.165) is 17.0 Å². The third-order valence-corrected chi connectivity index (χ3v) is 5.57. The molecule has 8 nitrogen and oxygen atoms in total. The second-order valence-corrected chi connectivity index (χ2v) is 7.39. The minimum atomic E-state index is -0.401. The fraction of sp³-hybridized carbons (Fsp3) is 0.318. The second kappa shape index (κ2) is 7.79. The van der Waals surface area contributed by atoms with Gasteiger partial charge in [-0.15, -0.1) is 0 Å². The lowest BCUT2D eigenvalue weighted by molar-refractivity contribution is 0.280. The highest BCUT2D eigenvalue weighted by atomic mass is 16.3. The molecule has 0 unspecified atom stereocenters. The maximum atomic E-state index is 13.3. The van der Waals surface area contributed by atoms with Gasteiger partial charge in [0.1, 0.15) is 0 Å². The molecule has 3 aromatic heterocycles. The molecule has 8 heteroatoms. The second-order valence-electron chi connectivity index (χ2n) is 7.39. The van der Waals surface area contributed by atoms with Gasteiger partial charge in [0.2, 0.25) is 5.78 Å². The van der Waals surface area contributed by atoms with E-state index in [2.05, 4.69) is 4.98 Å². The van der Waals surface area contributed by atoms with Crippen molar-refractivity contribution in [2.45, 2.75) is 33.4 Å². The summed E-state index contributed by atoms with van der Waals surface area (Å²) in [5, 5.41) is 9.22. The maximum Gasteiger partial charge on any atom is 0.332 e. The van der Waals surface area contributed by atoms with Crippen molar-refractivity contribution in [2.24, 2.45) is 7.05 Å². The molecule has 0 bridgehead atoms. The van der Waals surface area contributed by atoms with Crippen molar-refractivity contribution in [1.82, 2.24) is 23.1 Å². The number of aliphatic hydroxyl groups is 1. The van der Waals surface area contributed by atoms with E-state index < -0.39 is 5.69 Å². The number of benzene rings is 1. The van der Waals surface area contributed by atoms with Crippen LogP contribution in [0, 0.1) is 13.8 Å². The molecule has 156 valence electrons. The summed E-state index contributed by atoms with van der Waals surface area (Å²) in [4.78, 5) is 30.8. The van der Waals surface area contributed by atoms with Crippen LogP contribution in [0.2, 0.25) is 0 Å². The zero-order valence-electron chi connectivity index (χ0n) is 17.4. The smallest absolute Gasteiger partial charge is 0.332 e. The zero-order chi connectivity index (χ0) is 21.4. The van der Waals surface area contributed by atoms with Gasteiger partial charge in [-0.3, -0.25) is 18.3 Å². The summed E-state index contributed by atoms with van der Waals surface area (Å²) >= 11 is 0. The molecule has 0 radical (unpaired) electrons. The summed E-state index contributed by atoms with van der Waals surface area (Å²) in [5.41, 5.74) is 2.88. The zero-order valence-corrected chi connectivity index (χ0v) is 17.4. The van der Waals surface area contributed by atoms with Gasteiger partial charge in [0.05, 0.1) is 0 Å². The first-order valence-electron chi connectivity index (χ1n) is 9.95. The SMILES string of the molecule is Cc1c(C)n2c3c(=O)n(C/C=C/c4ccccc4)c(=O)n(C)c3nc2n1CCCO. The number of nitrogens with zero attached hydrogens (tertiary/aromatic N) is 5. The average molecular weight is 407 g/mol. The van der Waals surface area contributed by atoms with Crippen molar-refractivity contribution in [1.29, 1.82) is 0 Å². The molecule has 4 rings (SSSR count). The topological polar surface area (TPSA) is 86.5 Å². The highest BCUT2D eigenvalue weighted by molar-refractivity contribution is 5.76. The molecular weight excluding hydrogens is 382 g/mol. The number of hydrogen-bond acceptors (Lipinski definition) is 4. The van der Waals surface area contributed by atoms with Crippen molar-refractivity contribution in [2.75, 3.05) is 6.61 Å². The summed E-state index contributed by atoms with van der Waals surface area (Å²) in [6.45, 7) is 4.74. The van der Waals surface area contributed by atoms with Crippen molar-refractivity contribution >= 4 is 23.0 Å². The van der Waals surface area contributed by atoms with E-state index in [4.69, 9.17) is 0 Å². The van der Waals surface area contributed by atoms with Crippen LogP contribution in [0.3, 0.4) is 0 Å². The molecule has 0 fully saturated rings. The van der Waals surface area contributed by atoms with E-state index in [1.165, 1.54) is 9.13 Å². The Balaban J connectivity index is 1.89. The van der Waals surface area contributed by atoms with Crippen LogP contribution in [0.4, 0.5) is 0 Å². The van der Waals surface area contributed by atoms with Gasteiger partial charge in [-0.05, 0) is 25.8 Å². The van der Waals surface area contributed by atoms with Gasteiger partial charge in [0.15, 0.2) is 11.2 Å². The van der Waals surface area contributed by atoms with Crippen molar-refractivity contribution in [3.8, 4) is 0 Å². The van der Waals surface area contributed by atoms with Crippen LogP contribution in [0.5, 0.6) is 0 Å². The molecule has 0 aliphatic carbocycles. The first-order valence-corrected chi connectivity index (χ1v) is 9.95. The van der Waals surface area contributed by atoms with E-state index >= 15 is 0 Å². The number of imidazole rings is 2. The molecule has 4 aromatic rings. The number of hydrogen-bond donors (Lipinski definition) is 1. The quantitative estimate of drug-likeness (QED) is 0.529. The molecule has 0 saturated carbocycles. The van der Waals surface area contributed by atoms with Crippen LogP contribution < -0.4 is 11.2 Å². The molecule has 30 heavy (non-hydrogen) atoms. The van der Waals surface area contributed by atoms with Crippen LogP contribution in [-0.2, 0) is 20.1 Å². The monoisotopic (exact) mass is 407 g/mol. The van der Waals surface area contributed by atoms with Crippen LogP contribution in [0.15, 0.2) is 46.0 Å². The standard InChI is InChI=1S/C22H25N5O3/c1-15-16(2)27-18-19(23-21(27)25(15)13-8-14-28)24(3)22(30)26(20(18)29)12-7-11-17-9-5-4-6-10-17/h4-7,9-11,28H,8,12-14H2,1-3H3/b11-7+. The van der Waals surface area contributed by atoms with Crippen molar-refractivity contribution in [3.63, 3.8) is 0 Å². The third-order valence-electron chi connectivity index (χ3n) is 5.57. The first-order chi connectivity index (χ1) is 14.5. The van der Waals surface area contributed by atoms with Crippen molar-refractivity contribution in [3.05, 3.63) is 74.2 Å². The Kier molecular flexibility index (Phi) is 5.17. The molecule has 0 amide bonds. The van der Waals surface area contributed by atoms with Crippen LogP contribution >= 0.6 is 0 Å². The van der Waals surface area contributed by atoms with Gasteiger partial charge < -0.3 is 9.67 Å². The Bertz CT molecular complexity index is 1370. The number of allylic oxidation sites excluding steroid dienone is 1. The molecule has 0 atom stereocenters. The van der Waals surface area contributed by atoms with E-state index in [1.54, 1.807) is 7.05 Å². The first kappa shape index (κ1) is 19.9. The summed E-state index contributed by atoms with van der Waals surface area (Å²) in [7, 11) is 1.63. The molecule has 0 aliphatic heterocycles. The lowest BCUT2D eigenvalue weighted by Crippen LogP contribution is -2.39. The average Bonchev–Trinajstić information content (AvgIpc) is 3.24. The Labute approximate surface area is 172 Å². The predicted octanol–water partition coefficient (Wildman–Crippen LogP) is 1.86.